The third kappa shape index (κ3) is 3.79. The molecule has 0 aliphatic heterocycles. The summed E-state index contributed by atoms with van der Waals surface area (Å²) < 4.78 is 4.38. The first-order chi connectivity index (χ1) is 6.36. The van der Waals surface area contributed by atoms with Crippen molar-refractivity contribution >= 4 is 12.1 Å². The van der Waals surface area contributed by atoms with Gasteiger partial charge in [-0.25, -0.2) is 9.59 Å². The van der Waals surface area contributed by atoms with Gasteiger partial charge in [0.2, 0.25) is 0 Å². The molecule has 0 heterocycles. The van der Waals surface area contributed by atoms with Gasteiger partial charge in [0.25, 0.3) is 0 Å². The third-order valence-electron chi connectivity index (χ3n) is 1.52. The van der Waals surface area contributed by atoms with Gasteiger partial charge in [-0.05, 0) is 5.92 Å². The summed E-state index contributed by atoms with van der Waals surface area (Å²) in [5.74, 6) is -1.37. The van der Waals surface area contributed by atoms with E-state index in [4.69, 9.17) is 16.6 Å². The monoisotopic (exact) mass is 202 g/mol. The quantitative estimate of drug-likeness (QED) is 0.556. The maximum atomic E-state index is 10.7. The van der Waals surface area contributed by atoms with Crippen LogP contribution in [0.1, 0.15) is 13.8 Å². The van der Waals surface area contributed by atoms with Gasteiger partial charge in [0.15, 0.2) is 0 Å². The molecule has 5 N–H and O–H groups in total. The zero-order chi connectivity index (χ0) is 11.3. The van der Waals surface area contributed by atoms with Gasteiger partial charge in [-0.1, -0.05) is 13.8 Å². The molecule has 0 saturated heterocycles. The van der Waals surface area contributed by atoms with E-state index < -0.39 is 12.1 Å². The molecule has 0 bridgehead atoms. The van der Waals surface area contributed by atoms with E-state index in [1.807, 2.05) is 0 Å². The standard InChI is InChI=1S/C8H14N2O4/c1-4(2)6(7(11)12)5(9)3-14-8(10)13/h4H,3,9H2,1-2H3,(H2,10,13)(H,11,12). The molecule has 0 radical (unpaired) electrons. The summed E-state index contributed by atoms with van der Waals surface area (Å²) in [5, 5.41) is 8.77. The topological polar surface area (TPSA) is 116 Å². The smallest absolute Gasteiger partial charge is 0.404 e. The van der Waals surface area contributed by atoms with E-state index >= 15 is 0 Å². The summed E-state index contributed by atoms with van der Waals surface area (Å²) in [6, 6.07) is 0. The molecule has 0 aliphatic rings. The summed E-state index contributed by atoms with van der Waals surface area (Å²) >= 11 is 0. The molecule has 0 atom stereocenters. The minimum absolute atomic E-state index is 0.00583. The molecule has 0 aliphatic carbocycles. The Labute approximate surface area is 81.5 Å². The highest BCUT2D eigenvalue weighted by Gasteiger charge is 2.16. The molecule has 0 rings (SSSR count). The molecule has 80 valence electrons. The van der Waals surface area contributed by atoms with Gasteiger partial charge in [-0.2, -0.15) is 0 Å². The number of ether oxygens (including phenoxy) is 1. The van der Waals surface area contributed by atoms with E-state index in [2.05, 4.69) is 4.74 Å². The summed E-state index contributed by atoms with van der Waals surface area (Å²) in [6.07, 6.45) is -0.985. The van der Waals surface area contributed by atoms with Crippen molar-refractivity contribution in [2.24, 2.45) is 17.4 Å². The number of hydrogen-bond acceptors (Lipinski definition) is 4. The Hall–Kier alpha value is -1.72. The van der Waals surface area contributed by atoms with Crippen LogP contribution < -0.4 is 11.5 Å². The highest BCUT2D eigenvalue weighted by atomic mass is 16.5. The predicted octanol–water partition coefficient (Wildman–Crippen LogP) is 0.0351. The first-order valence-corrected chi connectivity index (χ1v) is 4.00. The molecular weight excluding hydrogens is 188 g/mol. The molecule has 14 heavy (non-hydrogen) atoms. The largest absolute Gasteiger partial charge is 0.478 e. The van der Waals surface area contributed by atoms with Crippen molar-refractivity contribution in [3.63, 3.8) is 0 Å². The van der Waals surface area contributed by atoms with Crippen molar-refractivity contribution in [2.45, 2.75) is 13.8 Å². The molecule has 0 unspecified atom stereocenters. The highest BCUT2D eigenvalue weighted by molar-refractivity contribution is 5.87. The average Bonchev–Trinajstić information content (AvgIpc) is 1.99. The van der Waals surface area contributed by atoms with Crippen LogP contribution in [-0.4, -0.2) is 23.8 Å². The zero-order valence-electron chi connectivity index (χ0n) is 8.11. The number of carbonyl (C=O) groups excluding carboxylic acids is 1. The average molecular weight is 202 g/mol. The molecule has 1 amide bonds. The molecule has 6 nitrogen and oxygen atoms in total. The predicted molar refractivity (Wildman–Crippen MR) is 49.2 cm³/mol. The van der Waals surface area contributed by atoms with Gasteiger partial charge >= 0.3 is 12.1 Å². The zero-order valence-corrected chi connectivity index (χ0v) is 8.11. The van der Waals surface area contributed by atoms with Crippen molar-refractivity contribution in [3.05, 3.63) is 11.3 Å². The van der Waals surface area contributed by atoms with E-state index in [0.717, 1.165) is 0 Å². The lowest BCUT2D eigenvalue weighted by molar-refractivity contribution is -0.133. The van der Waals surface area contributed by atoms with Crippen molar-refractivity contribution < 1.29 is 19.4 Å². The molecule has 0 aromatic rings. The lowest BCUT2D eigenvalue weighted by Gasteiger charge is -2.10. The van der Waals surface area contributed by atoms with Crippen molar-refractivity contribution in [1.82, 2.24) is 0 Å². The first kappa shape index (κ1) is 12.3. The molecule has 0 aromatic carbocycles. The van der Waals surface area contributed by atoms with Crippen molar-refractivity contribution in [1.29, 1.82) is 0 Å². The van der Waals surface area contributed by atoms with E-state index in [1.165, 1.54) is 0 Å². The van der Waals surface area contributed by atoms with E-state index in [0.29, 0.717) is 0 Å². The van der Waals surface area contributed by atoms with Crippen LogP contribution in [0.15, 0.2) is 11.3 Å². The fourth-order valence-corrected chi connectivity index (χ4v) is 0.982. The van der Waals surface area contributed by atoms with Crippen LogP contribution in [0.25, 0.3) is 0 Å². The first-order valence-electron chi connectivity index (χ1n) is 4.00. The second kappa shape index (κ2) is 5.11. The normalized spacial score (nSPS) is 12.2. The minimum atomic E-state index is -1.12. The number of primary amides is 1. The van der Waals surface area contributed by atoms with Gasteiger partial charge in [0, 0.05) is 0 Å². The number of carboxylic acids is 1. The molecule has 0 spiro atoms. The number of aliphatic carboxylic acids is 1. The van der Waals surface area contributed by atoms with Crippen LogP contribution in [0.3, 0.4) is 0 Å². The maximum absolute atomic E-state index is 10.7. The third-order valence-corrected chi connectivity index (χ3v) is 1.52. The Morgan fingerprint density at radius 2 is 1.86 bits per heavy atom. The maximum Gasteiger partial charge on any atom is 0.404 e. The molecular formula is C8H14N2O4. The minimum Gasteiger partial charge on any atom is -0.478 e. The Morgan fingerprint density at radius 3 is 2.14 bits per heavy atom. The lowest BCUT2D eigenvalue weighted by Crippen LogP contribution is -2.22. The van der Waals surface area contributed by atoms with E-state index in [1.54, 1.807) is 13.8 Å². The number of carbonyl (C=O) groups is 2. The number of carboxylic acid groups (broad SMARTS) is 1. The lowest BCUT2D eigenvalue weighted by atomic mass is 10.0. The van der Waals surface area contributed by atoms with Gasteiger partial charge in [-0.15, -0.1) is 0 Å². The van der Waals surface area contributed by atoms with E-state index in [-0.39, 0.29) is 23.8 Å². The number of rotatable bonds is 4. The number of hydrogen-bond donors (Lipinski definition) is 3. The van der Waals surface area contributed by atoms with Crippen molar-refractivity contribution in [2.75, 3.05) is 6.61 Å². The van der Waals surface area contributed by atoms with Crippen LogP contribution in [-0.2, 0) is 9.53 Å². The van der Waals surface area contributed by atoms with Crippen LogP contribution in [0.2, 0.25) is 0 Å². The fraction of sp³-hybridized carbons (Fsp3) is 0.500. The highest BCUT2D eigenvalue weighted by Crippen LogP contribution is 2.12. The Balaban J connectivity index is 4.65. The van der Waals surface area contributed by atoms with Gasteiger partial charge in [-0.3, -0.25) is 0 Å². The van der Waals surface area contributed by atoms with Crippen molar-refractivity contribution in [3.8, 4) is 0 Å². The van der Waals surface area contributed by atoms with Crippen LogP contribution >= 0.6 is 0 Å². The van der Waals surface area contributed by atoms with Gasteiger partial charge in [0.05, 0.1) is 11.3 Å². The fourth-order valence-electron chi connectivity index (χ4n) is 0.982. The second-order valence-electron chi connectivity index (χ2n) is 3.01. The number of amides is 1. The molecule has 0 saturated carbocycles. The van der Waals surface area contributed by atoms with Gasteiger partial charge in [0.1, 0.15) is 6.61 Å². The van der Waals surface area contributed by atoms with E-state index in [9.17, 15) is 9.59 Å². The Morgan fingerprint density at radius 1 is 1.36 bits per heavy atom. The summed E-state index contributed by atoms with van der Waals surface area (Å²) in [7, 11) is 0. The molecule has 0 fully saturated rings. The number of nitrogens with two attached hydrogens (primary N) is 2. The summed E-state index contributed by atoms with van der Waals surface area (Å²) in [5.41, 5.74) is 10.2. The molecule has 0 aromatic heterocycles. The van der Waals surface area contributed by atoms with Crippen LogP contribution in [0.5, 0.6) is 0 Å². The van der Waals surface area contributed by atoms with Gasteiger partial charge < -0.3 is 21.3 Å². The Bertz CT molecular complexity index is 271. The second-order valence-corrected chi connectivity index (χ2v) is 3.01. The summed E-state index contributed by atoms with van der Waals surface area (Å²) in [6.45, 7) is 3.07. The Kier molecular flexibility index (Phi) is 4.48. The molecule has 6 heteroatoms. The SMILES string of the molecule is CC(C)C(C(=O)O)=C(N)COC(N)=O. The van der Waals surface area contributed by atoms with Crippen LogP contribution in [0, 0.1) is 5.92 Å². The van der Waals surface area contributed by atoms with Crippen LogP contribution in [0.4, 0.5) is 4.79 Å². The summed E-state index contributed by atoms with van der Waals surface area (Å²) in [4.78, 5) is 21.0.